The highest BCUT2D eigenvalue weighted by molar-refractivity contribution is 7.17. The minimum absolute atomic E-state index is 0.350. The first-order valence-corrected chi connectivity index (χ1v) is 12.4. The standard InChI is InChI=1S/C30H24N4O2S/c31-21-15-7-9-17-23(21)33-29(35)27-25(19-11-3-1-4-12-19)26(20-13-5-2-6-14-20)28(37-27)30(36)34-24-18-10-8-16-22(24)32/h1-18H,31-32H2,(H,33,35)(H,34,36). The molecule has 182 valence electrons. The molecular weight excluding hydrogens is 480 g/mol. The maximum Gasteiger partial charge on any atom is 0.266 e. The van der Waals surface area contributed by atoms with Crippen LogP contribution in [-0.2, 0) is 0 Å². The summed E-state index contributed by atoms with van der Waals surface area (Å²) in [5.74, 6) is -0.700. The van der Waals surface area contributed by atoms with E-state index in [2.05, 4.69) is 10.6 Å². The molecule has 0 aliphatic rings. The summed E-state index contributed by atoms with van der Waals surface area (Å²) in [5.41, 5.74) is 17.1. The van der Waals surface area contributed by atoms with Crippen molar-refractivity contribution in [3.05, 3.63) is 119 Å². The van der Waals surface area contributed by atoms with E-state index in [1.54, 1.807) is 48.5 Å². The van der Waals surface area contributed by atoms with Crippen LogP contribution in [0.2, 0.25) is 0 Å². The van der Waals surface area contributed by atoms with Crippen molar-refractivity contribution in [2.75, 3.05) is 22.1 Å². The molecule has 4 aromatic carbocycles. The van der Waals surface area contributed by atoms with Gasteiger partial charge < -0.3 is 22.1 Å². The molecule has 0 aliphatic heterocycles. The van der Waals surface area contributed by atoms with E-state index in [9.17, 15) is 9.59 Å². The van der Waals surface area contributed by atoms with Crippen molar-refractivity contribution in [1.82, 2.24) is 0 Å². The zero-order valence-corrected chi connectivity index (χ0v) is 20.6. The topological polar surface area (TPSA) is 110 Å². The molecule has 6 N–H and O–H groups in total. The van der Waals surface area contributed by atoms with Crippen LogP contribution in [0.3, 0.4) is 0 Å². The lowest BCUT2D eigenvalue weighted by atomic mass is 9.94. The Bertz CT molecular complexity index is 1460. The maximum atomic E-state index is 13.7. The van der Waals surface area contributed by atoms with Gasteiger partial charge >= 0.3 is 0 Å². The molecule has 1 heterocycles. The van der Waals surface area contributed by atoms with Gasteiger partial charge in [0, 0.05) is 11.1 Å². The molecule has 0 atom stereocenters. The van der Waals surface area contributed by atoms with E-state index in [1.165, 1.54) is 0 Å². The molecule has 5 rings (SSSR count). The number of nitrogen functional groups attached to an aromatic ring is 2. The van der Waals surface area contributed by atoms with Gasteiger partial charge in [-0.25, -0.2) is 0 Å². The number of carbonyl (C=O) groups is 2. The van der Waals surface area contributed by atoms with E-state index in [4.69, 9.17) is 11.5 Å². The second-order valence-corrected chi connectivity index (χ2v) is 9.35. The first kappa shape index (κ1) is 23.8. The number of thiophene rings is 1. The predicted molar refractivity (Wildman–Crippen MR) is 153 cm³/mol. The quantitative estimate of drug-likeness (QED) is 0.192. The fraction of sp³-hybridized carbons (Fsp3) is 0. The van der Waals surface area contributed by atoms with E-state index in [1.807, 2.05) is 60.7 Å². The van der Waals surface area contributed by atoms with Crippen molar-refractivity contribution in [3.63, 3.8) is 0 Å². The van der Waals surface area contributed by atoms with Crippen molar-refractivity contribution in [2.24, 2.45) is 0 Å². The highest BCUT2D eigenvalue weighted by atomic mass is 32.1. The van der Waals surface area contributed by atoms with Gasteiger partial charge in [0.25, 0.3) is 11.8 Å². The van der Waals surface area contributed by atoms with Gasteiger partial charge in [-0.2, -0.15) is 0 Å². The predicted octanol–water partition coefficient (Wildman–Crippen LogP) is 6.75. The average molecular weight is 505 g/mol. The normalized spacial score (nSPS) is 10.6. The fourth-order valence-electron chi connectivity index (χ4n) is 4.09. The molecule has 0 bridgehead atoms. The zero-order valence-electron chi connectivity index (χ0n) is 19.8. The summed E-state index contributed by atoms with van der Waals surface area (Å²) in [6, 6.07) is 33.3. The Kier molecular flexibility index (Phi) is 6.70. The lowest BCUT2D eigenvalue weighted by molar-refractivity contribution is 0.102. The molecule has 0 saturated heterocycles. The van der Waals surface area contributed by atoms with Crippen LogP contribution in [0.25, 0.3) is 22.3 Å². The number of hydrogen-bond donors (Lipinski definition) is 4. The molecule has 1 aromatic heterocycles. The van der Waals surface area contributed by atoms with Crippen LogP contribution in [0.1, 0.15) is 19.3 Å². The van der Waals surface area contributed by atoms with Gasteiger partial charge in [-0.1, -0.05) is 84.9 Å². The van der Waals surface area contributed by atoms with Crippen LogP contribution >= 0.6 is 11.3 Å². The Balaban J connectivity index is 1.70. The molecule has 0 unspecified atom stereocenters. The second-order valence-electron chi connectivity index (χ2n) is 8.33. The number of anilines is 4. The van der Waals surface area contributed by atoms with Gasteiger partial charge in [0.15, 0.2) is 0 Å². The molecular formula is C30H24N4O2S. The molecule has 0 radical (unpaired) electrons. The van der Waals surface area contributed by atoms with Crippen LogP contribution < -0.4 is 22.1 Å². The van der Waals surface area contributed by atoms with Gasteiger partial charge in [-0.3, -0.25) is 9.59 Å². The lowest BCUT2D eigenvalue weighted by Gasteiger charge is -2.12. The van der Waals surface area contributed by atoms with Crippen molar-refractivity contribution in [1.29, 1.82) is 0 Å². The Morgan fingerprint density at radius 2 is 0.865 bits per heavy atom. The van der Waals surface area contributed by atoms with Crippen molar-refractivity contribution in [2.45, 2.75) is 0 Å². The van der Waals surface area contributed by atoms with Crippen molar-refractivity contribution >= 4 is 45.9 Å². The summed E-state index contributed by atoms with van der Waals surface area (Å²) in [5, 5.41) is 5.84. The summed E-state index contributed by atoms with van der Waals surface area (Å²) in [7, 11) is 0. The third-order valence-corrected chi connectivity index (χ3v) is 7.05. The molecule has 7 heteroatoms. The van der Waals surface area contributed by atoms with Crippen LogP contribution in [0.4, 0.5) is 22.7 Å². The summed E-state index contributed by atoms with van der Waals surface area (Å²) < 4.78 is 0. The van der Waals surface area contributed by atoms with Gasteiger partial charge in [0.1, 0.15) is 9.75 Å². The van der Waals surface area contributed by atoms with Crippen LogP contribution in [0.15, 0.2) is 109 Å². The summed E-state index contributed by atoms with van der Waals surface area (Å²) in [6.07, 6.45) is 0. The van der Waals surface area contributed by atoms with Crippen molar-refractivity contribution < 1.29 is 9.59 Å². The van der Waals surface area contributed by atoms with E-state index in [-0.39, 0.29) is 11.8 Å². The summed E-state index contributed by atoms with van der Waals surface area (Å²) >= 11 is 1.14. The third-order valence-electron chi connectivity index (χ3n) is 5.86. The average Bonchev–Trinajstić information content (AvgIpc) is 3.33. The SMILES string of the molecule is Nc1ccccc1NC(=O)c1sc(C(=O)Nc2ccccc2N)c(-c2ccccc2)c1-c1ccccc1. The largest absolute Gasteiger partial charge is 0.397 e. The molecule has 0 aliphatic carbocycles. The number of nitrogens with two attached hydrogens (primary N) is 2. The number of benzene rings is 4. The first-order valence-electron chi connectivity index (χ1n) is 11.6. The zero-order chi connectivity index (χ0) is 25.8. The molecule has 2 amide bonds. The Labute approximate surface area is 218 Å². The smallest absolute Gasteiger partial charge is 0.266 e. The Morgan fingerprint density at radius 1 is 0.514 bits per heavy atom. The summed E-state index contributed by atoms with van der Waals surface area (Å²) in [4.78, 5) is 28.2. The fourth-order valence-corrected chi connectivity index (χ4v) is 5.23. The Hall–Kier alpha value is -4.88. The van der Waals surface area contributed by atoms with E-state index in [0.29, 0.717) is 43.6 Å². The van der Waals surface area contributed by atoms with Crippen molar-refractivity contribution in [3.8, 4) is 22.3 Å². The summed E-state index contributed by atoms with van der Waals surface area (Å²) in [6.45, 7) is 0. The van der Waals surface area contributed by atoms with E-state index >= 15 is 0 Å². The van der Waals surface area contributed by atoms with E-state index < -0.39 is 0 Å². The Morgan fingerprint density at radius 3 is 1.24 bits per heavy atom. The van der Waals surface area contributed by atoms with Gasteiger partial charge in [0.2, 0.25) is 0 Å². The number of hydrogen-bond acceptors (Lipinski definition) is 5. The molecule has 37 heavy (non-hydrogen) atoms. The minimum atomic E-state index is -0.350. The molecule has 0 fully saturated rings. The number of amides is 2. The number of para-hydroxylation sites is 4. The van der Waals surface area contributed by atoms with E-state index in [0.717, 1.165) is 22.5 Å². The van der Waals surface area contributed by atoms with Crippen LogP contribution in [0, 0.1) is 0 Å². The number of carbonyl (C=O) groups excluding carboxylic acids is 2. The highest BCUT2D eigenvalue weighted by Crippen LogP contribution is 2.44. The first-order chi connectivity index (χ1) is 18.0. The monoisotopic (exact) mass is 504 g/mol. The van der Waals surface area contributed by atoms with Crippen LogP contribution in [-0.4, -0.2) is 11.8 Å². The minimum Gasteiger partial charge on any atom is -0.397 e. The lowest BCUT2D eigenvalue weighted by Crippen LogP contribution is -2.13. The van der Waals surface area contributed by atoms with Gasteiger partial charge in [-0.15, -0.1) is 11.3 Å². The molecule has 0 saturated carbocycles. The third kappa shape index (κ3) is 4.94. The number of rotatable bonds is 6. The maximum absolute atomic E-state index is 13.7. The molecule has 5 aromatic rings. The van der Waals surface area contributed by atoms with Gasteiger partial charge in [0.05, 0.1) is 22.7 Å². The molecule has 6 nitrogen and oxygen atoms in total. The highest BCUT2D eigenvalue weighted by Gasteiger charge is 2.28. The van der Waals surface area contributed by atoms with Gasteiger partial charge in [-0.05, 0) is 35.4 Å². The van der Waals surface area contributed by atoms with Crippen LogP contribution in [0.5, 0.6) is 0 Å². The second kappa shape index (κ2) is 10.4. The number of nitrogens with one attached hydrogen (secondary N) is 2. The molecule has 0 spiro atoms.